The summed E-state index contributed by atoms with van der Waals surface area (Å²) in [6, 6.07) is 17.1. The molecule has 1 saturated heterocycles. The predicted octanol–water partition coefficient (Wildman–Crippen LogP) is 4.14. The Balaban J connectivity index is 1.33. The first-order valence-corrected chi connectivity index (χ1v) is 10.4. The van der Waals surface area contributed by atoms with E-state index in [2.05, 4.69) is 10.1 Å². The smallest absolute Gasteiger partial charge is 0.259 e. The minimum atomic E-state index is -0.0282. The molecule has 4 rings (SSSR count). The number of halogens is 1. The van der Waals surface area contributed by atoms with Crippen molar-refractivity contribution < 1.29 is 14.1 Å². The molecule has 2 aromatic carbocycles. The summed E-state index contributed by atoms with van der Waals surface area (Å²) in [6.45, 7) is 6.03. The number of aromatic nitrogens is 1. The molecule has 0 N–H and O–H groups in total. The Bertz CT molecular complexity index is 998. The Hall–Kier alpha value is -2.83. The summed E-state index contributed by atoms with van der Waals surface area (Å²) < 4.78 is 11.1. The minimum absolute atomic E-state index is 0.0282. The van der Waals surface area contributed by atoms with E-state index < -0.39 is 0 Å². The standard InChI is InChI=1S/C23H24ClN3O3/c1-17-21(22(25-30-17)18-7-3-2-4-8-18)23(28)27-13-11-26(12-14-27)15-16-29-20-10-6-5-9-19(20)24/h2-10H,11-16H2,1H3. The van der Waals surface area contributed by atoms with Crippen LogP contribution in [0.3, 0.4) is 0 Å². The maximum atomic E-state index is 13.2. The van der Waals surface area contributed by atoms with Crippen LogP contribution in [-0.2, 0) is 0 Å². The molecule has 30 heavy (non-hydrogen) atoms. The number of benzene rings is 2. The van der Waals surface area contributed by atoms with Gasteiger partial charge in [0.2, 0.25) is 0 Å². The zero-order valence-corrected chi connectivity index (χ0v) is 17.6. The predicted molar refractivity (Wildman–Crippen MR) is 116 cm³/mol. The zero-order valence-electron chi connectivity index (χ0n) is 16.9. The summed E-state index contributed by atoms with van der Waals surface area (Å²) in [5.41, 5.74) is 2.04. The summed E-state index contributed by atoms with van der Waals surface area (Å²) in [4.78, 5) is 17.4. The van der Waals surface area contributed by atoms with Gasteiger partial charge in [-0.05, 0) is 19.1 Å². The third kappa shape index (κ3) is 4.50. The third-order valence-corrected chi connectivity index (χ3v) is 5.60. The third-order valence-electron chi connectivity index (χ3n) is 5.29. The number of ether oxygens (including phenoxy) is 1. The SMILES string of the molecule is Cc1onc(-c2ccccc2)c1C(=O)N1CCN(CCOc2ccccc2Cl)CC1. The molecular weight excluding hydrogens is 402 g/mol. The first-order chi connectivity index (χ1) is 14.6. The summed E-state index contributed by atoms with van der Waals surface area (Å²) in [5.74, 6) is 1.22. The molecule has 0 spiro atoms. The van der Waals surface area contributed by atoms with E-state index in [0.29, 0.717) is 47.5 Å². The minimum Gasteiger partial charge on any atom is -0.491 e. The average molecular weight is 426 g/mol. The van der Waals surface area contributed by atoms with E-state index in [1.165, 1.54) is 0 Å². The molecule has 0 unspecified atom stereocenters. The number of piperazine rings is 1. The van der Waals surface area contributed by atoms with Crippen LogP contribution in [0.25, 0.3) is 11.3 Å². The molecule has 0 aliphatic carbocycles. The fraction of sp³-hybridized carbons (Fsp3) is 0.304. The number of amides is 1. The number of hydrogen-bond donors (Lipinski definition) is 0. The number of nitrogens with zero attached hydrogens (tertiary/aromatic N) is 3. The van der Waals surface area contributed by atoms with Gasteiger partial charge < -0.3 is 14.2 Å². The van der Waals surface area contributed by atoms with E-state index >= 15 is 0 Å². The summed E-state index contributed by atoms with van der Waals surface area (Å²) >= 11 is 6.12. The zero-order chi connectivity index (χ0) is 20.9. The molecule has 3 aromatic rings. The average Bonchev–Trinajstić information content (AvgIpc) is 3.17. The molecule has 0 atom stereocenters. The van der Waals surface area contributed by atoms with Crippen molar-refractivity contribution in [2.75, 3.05) is 39.3 Å². The van der Waals surface area contributed by atoms with Gasteiger partial charge in [0, 0.05) is 38.3 Å². The fourth-order valence-corrected chi connectivity index (χ4v) is 3.79. The summed E-state index contributed by atoms with van der Waals surface area (Å²) in [5, 5.41) is 4.75. The van der Waals surface area contributed by atoms with Crippen LogP contribution in [0.15, 0.2) is 59.1 Å². The quantitative estimate of drug-likeness (QED) is 0.594. The van der Waals surface area contributed by atoms with E-state index in [1.807, 2.05) is 59.5 Å². The molecule has 0 saturated carbocycles. The Kier molecular flexibility index (Phi) is 6.35. The van der Waals surface area contributed by atoms with Gasteiger partial charge in [0.25, 0.3) is 5.91 Å². The van der Waals surface area contributed by atoms with Crippen LogP contribution in [0.5, 0.6) is 5.75 Å². The van der Waals surface area contributed by atoms with Crippen LogP contribution in [0.4, 0.5) is 0 Å². The van der Waals surface area contributed by atoms with Crippen LogP contribution >= 0.6 is 11.6 Å². The Labute approximate surface area is 181 Å². The van der Waals surface area contributed by atoms with Crippen molar-refractivity contribution in [2.24, 2.45) is 0 Å². The molecule has 156 valence electrons. The van der Waals surface area contributed by atoms with E-state index in [4.69, 9.17) is 20.9 Å². The van der Waals surface area contributed by atoms with Gasteiger partial charge in [0.05, 0.1) is 5.02 Å². The number of para-hydroxylation sites is 1. The van der Waals surface area contributed by atoms with Gasteiger partial charge >= 0.3 is 0 Å². The highest BCUT2D eigenvalue weighted by atomic mass is 35.5. The van der Waals surface area contributed by atoms with Gasteiger partial charge in [0.15, 0.2) is 0 Å². The van der Waals surface area contributed by atoms with Crippen LogP contribution in [-0.4, -0.2) is 60.2 Å². The van der Waals surface area contributed by atoms with E-state index in [0.717, 1.165) is 25.2 Å². The second-order valence-electron chi connectivity index (χ2n) is 7.24. The highest BCUT2D eigenvalue weighted by Crippen LogP contribution is 2.27. The van der Waals surface area contributed by atoms with Gasteiger partial charge in [-0.2, -0.15) is 0 Å². The second kappa shape index (κ2) is 9.32. The number of carbonyl (C=O) groups is 1. The van der Waals surface area contributed by atoms with Crippen molar-refractivity contribution in [3.05, 3.63) is 70.9 Å². The highest BCUT2D eigenvalue weighted by molar-refractivity contribution is 6.32. The Morgan fingerprint density at radius 2 is 1.77 bits per heavy atom. The van der Waals surface area contributed by atoms with Crippen molar-refractivity contribution in [3.8, 4) is 17.0 Å². The first kappa shape index (κ1) is 20.4. The van der Waals surface area contributed by atoms with Gasteiger partial charge in [-0.3, -0.25) is 9.69 Å². The molecule has 1 aliphatic rings. The molecule has 1 amide bonds. The van der Waals surface area contributed by atoms with Gasteiger partial charge in [-0.1, -0.05) is 59.2 Å². The summed E-state index contributed by atoms with van der Waals surface area (Å²) in [6.07, 6.45) is 0. The van der Waals surface area contributed by atoms with Crippen molar-refractivity contribution in [1.29, 1.82) is 0 Å². The van der Waals surface area contributed by atoms with E-state index in [1.54, 1.807) is 6.92 Å². The van der Waals surface area contributed by atoms with Crippen LogP contribution in [0.2, 0.25) is 5.02 Å². The van der Waals surface area contributed by atoms with E-state index in [-0.39, 0.29) is 5.91 Å². The molecule has 1 aromatic heterocycles. The largest absolute Gasteiger partial charge is 0.491 e. The number of hydrogen-bond acceptors (Lipinski definition) is 5. The molecule has 1 fully saturated rings. The van der Waals surface area contributed by atoms with Crippen LogP contribution in [0, 0.1) is 6.92 Å². The van der Waals surface area contributed by atoms with Gasteiger partial charge in [-0.25, -0.2) is 0 Å². The topological polar surface area (TPSA) is 58.8 Å². The molecule has 0 radical (unpaired) electrons. The van der Waals surface area contributed by atoms with Crippen molar-refractivity contribution in [3.63, 3.8) is 0 Å². The maximum absolute atomic E-state index is 13.2. The van der Waals surface area contributed by atoms with Crippen LogP contribution in [0.1, 0.15) is 16.1 Å². The lowest BCUT2D eigenvalue weighted by atomic mass is 10.0. The first-order valence-electron chi connectivity index (χ1n) is 10.0. The monoisotopic (exact) mass is 425 g/mol. The molecule has 6 nitrogen and oxygen atoms in total. The number of carbonyl (C=O) groups excluding carboxylic acids is 1. The van der Waals surface area contributed by atoms with Crippen molar-refractivity contribution >= 4 is 17.5 Å². The lowest BCUT2D eigenvalue weighted by molar-refractivity contribution is 0.0619. The van der Waals surface area contributed by atoms with Gasteiger partial charge in [0.1, 0.15) is 29.4 Å². The maximum Gasteiger partial charge on any atom is 0.259 e. The van der Waals surface area contributed by atoms with Crippen molar-refractivity contribution in [2.45, 2.75) is 6.92 Å². The Morgan fingerprint density at radius 1 is 1.07 bits per heavy atom. The number of aryl methyl sites for hydroxylation is 1. The van der Waals surface area contributed by atoms with Crippen LogP contribution < -0.4 is 4.74 Å². The molecular formula is C23H24ClN3O3. The molecule has 0 bridgehead atoms. The van der Waals surface area contributed by atoms with Gasteiger partial charge in [-0.15, -0.1) is 0 Å². The lowest BCUT2D eigenvalue weighted by Crippen LogP contribution is -2.49. The molecule has 7 heteroatoms. The van der Waals surface area contributed by atoms with Crippen molar-refractivity contribution in [1.82, 2.24) is 15.0 Å². The highest BCUT2D eigenvalue weighted by Gasteiger charge is 2.28. The molecule has 2 heterocycles. The van der Waals surface area contributed by atoms with E-state index in [9.17, 15) is 4.79 Å². The second-order valence-corrected chi connectivity index (χ2v) is 7.65. The lowest BCUT2D eigenvalue weighted by Gasteiger charge is -2.34. The Morgan fingerprint density at radius 3 is 2.50 bits per heavy atom. The molecule has 1 aliphatic heterocycles. The fourth-order valence-electron chi connectivity index (χ4n) is 3.60. The summed E-state index contributed by atoms with van der Waals surface area (Å²) in [7, 11) is 0. The number of rotatable bonds is 6. The normalized spacial score (nSPS) is 14.7.